The molecule has 0 radical (unpaired) electrons. The molecule has 0 saturated heterocycles. The molecule has 70 valence electrons. The Morgan fingerprint density at radius 2 is 2.23 bits per heavy atom. The quantitative estimate of drug-likeness (QED) is 0.779. The molecule has 0 heterocycles. The summed E-state index contributed by atoms with van der Waals surface area (Å²) in [5.41, 5.74) is 5.95. The maximum atomic E-state index is 10.7. The largest absolute Gasteiger partial charge is 0.494 e. The van der Waals surface area contributed by atoms with E-state index in [4.69, 9.17) is 15.6 Å². The van der Waals surface area contributed by atoms with Crippen LogP contribution >= 0.6 is 15.9 Å². The summed E-state index contributed by atoms with van der Waals surface area (Å²) in [6.45, 7) is 0. The van der Waals surface area contributed by atoms with Gasteiger partial charge in [0.25, 0.3) is 0 Å². The number of nitrogens with two attached hydrogens (primary N) is 1. The van der Waals surface area contributed by atoms with Crippen LogP contribution in [0.25, 0.3) is 0 Å². The number of carbonyl (C=O) groups is 1. The molecule has 1 aromatic rings. The minimum absolute atomic E-state index is 0.0585. The smallest absolute Gasteiger partial charge is 0.339 e. The fourth-order valence-electron chi connectivity index (χ4n) is 0.964. The van der Waals surface area contributed by atoms with Crippen LogP contribution in [0.2, 0.25) is 0 Å². The minimum atomic E-state index is -1.06. The summed E-state index contributed by atoms with van der Waals surface area (Å²) in [5.74, 6) is -0.877. The molecular weight excluding hydrogens is 238 g/mol. The Bertz CT molecular complexity index is 351. The van der Waals surface area contributed by atoms with Gasteiger partial charge in [0.1, 0.15) is 5.56 Å². The van der Waals surface area contributed by atoms with Crippen molar-refractivity contribution in [1.29, 1.82) is 0 Å². The number of aromatic carboxylic acids is 1. The van der Waals surface area contributed by atoms with Gasteiger partial charge in [-0.2, -0.15) is 0 Å². The summed E-state index contributed by atoms with van der Waals surface area (Å²) in [6, 6.07) is 3.00. The Morgan fingerprint density at radius 3 is 2.69 bits per heavy atom. The highest BCUT2D eigenvalue weighted by atomic mass is 79.9. The summed E-state index contributed by atoms with van der Waals surface area (Å²) in [7, 11) is 1.38. The zero-order chi connectivity index (χ0) is 10.0. The summed E-state index contributed by atoms with van der Waals surface area (Å²) < 4.78 is 5.50. The highest BCUT2D eigenvalue weighted by Crippen LogP contribution is 2.32. The topological polar surface area (TPSA) is 72.5 Å². The van der Waals surface area contributed by atoms with Crippen LogP contribution in [0.4, 0.5) is 5.69 Å². The number of benzene rings is 1. The molecule has 0 spiro atoms. The predicted molar refractivity (Wildman–Crippen MR) is 52.1 cm³/mol. The highest BCUT2D eigenvalue weighted by molar-refractivity contribution is 9.10. The number of carboxylic acid groups (broad SMARTS) is 1. The average Bonchev–Trinajstić information content (AvgIpc) is 2.09. The first kappa shape index (κ1) is 9.85. The van der Waals surface area contributed by atoms with Crippen LogP contribution in [0.3, 0.4) is 0 Å². The van der Waals surface area contributed by atoms with Gasteiger partial charge in [-0.1, -0.05) is 0 Å². The van der Waals surface area contributed by atoms with Crippen LogP contribution in [0, 0.1) is 0 Å². The van der Waals surface area contributed by atoms with Gasteiger partial charge in [-0.25, -0.2) is 4.79 Å². The van der Waals surface area contributed by atoms with E-state index in [1.54, 1.807) is 6.07 Å². The van der Waals surface area contributed by atoms with Gasteiger partial charge in [0.15, 0.2) is 5.75 Å². The van der Waals surface area contributed by atoms with Crippen molar-refractivity contribution in [1.82, 2.24) is 0 Å². The van der Waals surface area contributed by atoms with Crippen molar-refractivity contribution >= 4 is 27.6 Å². The number of nitrogen functional groups attached to an aromatic ring is 1. The third kappa shape index (κ3) is 1.75. The van der Waals surface area contributed by atoms with Gasteiger partial charge in [0, 0.05) is 4.47 Å². The molecule has 0 aromatic heterocycles. The molecule has 0 aliphatic heterocycles. The second kappa shape index (κ2) is 3.66. The second-order valence-corrected chi connectivity index (χ2v) is 3.20. The molecule has 3 N–H and O–H groups in total. The summed E-state index contributed by atoms with van der Waals surface area (Å²) in [4.78, 5) is 10.7. The minimum Gasteiger partial charge on any atom is -0.494 e. The number of anilines is 1. The zero-order valence-electron chi connectivity index (χ0n) is 6.87. The molecule has 0 amide bonds. The first-order chi connectivity index (χ1) is 6.07. The third-order valence-corrected chi connectivity index (χ3v) is 2.27. The lowest BCUT2D eigenvalue weighted by Gasteiger charge is -2.08. The molecule has 0 atom stereocenters. The van der Waals surface area contributed by atoms with E-state index in [0.717, 1.165) is 0 Å². The van der Waals surface area contributed by atoms with Crippen LogP contribution in [0.15, 0.2) is 16.6 Å². The molecule has 1 rings (SSSR count). The van der Waals surface area contributed by atoms with Crippen LogP contribution < -0.4 is 10.5 Å². The Labute approximate surface area is 83.4 Å². The van der Waals surface area contributed by atoms with E-state index in [0.29, 0.717) is 10.2 Å². The van der Waals surface area contributed by atoms with Crippen molar-refractivity contribution in [2.75, 3.05) is 12.8 Å². The lowest BCUT2D eigenvalue weighted by molar-refractivity contribution is 0.0693. The standard InChI is InChI=1S/C8H8BrNO3/c1-13-7-4(8(11)12)2-3-5(9)6(7)10/h2-3H,10H2,1H3,(H,11,12). The molecule has 0 fully saturated rings. The van der Waals surface area contributed by atoms with Crippen molar-refractivity contribution in [3.8, 4) is 5.75 Å². The SMILES string of the molecule is COc1c(C(=O)O)ccc(Br)c1N. The van der Waals surface area contributed by atoms with E-state index in [2.05, 4.69) is 15.9 Å². The lowest BCUT2D eigenvalue weighted by Crippen LogP contribution is -2.03. The molecule has 0 unspecified atom stereocenters. The molecule has 13 heavy (non-hydrogen) atoms. The predicted octanol–water partition coefficient (Wildman–Crippen LogP) is 1.74. The van der Waals surface area contributed by atoms with Crippen molar-refractivity contribution in [3.63, 3.8) is 0 Å². The fourth-order valence-corrected chi connectivity index (χ4v) is 1.28. The van der Waals surface area contributed by atoms with Crippen LogP contribution in [0.5, 0.6) is 5.75 Å². The number of ether oxygens (including phenoxy) is 1. The van der Waals surface area contributed by atoms with Gasteiger partial charge in [0.2, 0.25) is 0 Å². The van der Waals surface area contributed by atoms with Crippen LogP contribution in [-0.2, 0) is 0 Å². The number of carboxylic acids is 1. The Kier molecular flexibility index (Phi) is 2.77. The number of rotatable bonds is 2. The molecule has 0 saturated carbocycles. The summed E-state index contributed by atoms with van der Waals surface area (Å²) in [5, 5.41) is 8.76. The molecule has 4 nitrogen and oxygen atoms in total. The van der Waals surface area contributed by atoms with Gasteiger partial charge in [-0.3, -0.25) is 0 Å². The fraction of sp³-hybridized carbons (Fsp3) is 0.125. The molecule has 1 aromatic carbocycles. The number of halogens is 1. The lowest BCUT2D eigenvalue weighted by atomic mass is 10.2. The molecule has 0 bridgehead atoms. The maximum absolute atomic E-state index is 10.7. The van der Waals surface area contributed by atoms with E-state index in [1.165, 1.54) is 13.2 Å². The number of methoxy groups -OCH3 is 1. The number of hydrogen-bond acceptors (Lipinski definition) is 3. The van der Waals surface area contributed by atoms with Crippen LogP contribution in [0.1, 0.15) is 10.4 Å². The van der Waals surface area contributed by atoms with Crippen molar-refractivity contribution in [2.45, 2.75) is 0 Å². The Morgan fingerprint density at radius 1 is 1.62 bits per heavy atom. The second-order valence-electron chi connectivity index (χ2n) is 2.35. The van der Waals surface area contributed by atoms with Crippen molar-refractivity contribution < 1.29 is 14.6 Å². The van der Waals surface area contributed by atoms with E-state index in [9.17, 15) is 4.79 Å². The Hall–Kier alpha value is -1.23. The first-order valence-electron chi connectivity index (χ1n) is 3.43. The van der Waals surface area contributed by atoms with Crippen molar-refractivity contribution in [3.05, 3.63) is 22.2 Å². The van der Waals surface area contributed by atoms with E-state index in [1.807, 2.05) is 0 Å². The molecule has 0 aliphatic carbocycles. The molecule has 0 aliphatic rings. The van der Waals surface area contributed by atoms with E-state index < -0.39 is 5.97 Å². The Balaban J connectivity index is 3.38. The monoisotopic (exact) mass is 245 g/mol. The highest BCUT2D eigenvalue weighted by Gasteiger charge is 2.15. The summed E-state index contributed by atoms with van der Waals surface area (Å²) in [6.07, 6.45) is 0. The zero-order valence-corrected chi connectivity index (χ0v) is 8.46. The number of hydrogen-bond donors (Lipinski definition) is 2. The molecular formula is C8H8BrNO3. The van der Waals surface area contributed by atoms with Gasteiger partial charge >= 0.3 is 5.97 Å². The van der Waals surface area contributed by atoms with Gasteiger partial charge in [-0.05, 0) is 28.1 Å². The van der Waals surface area contributed by atoms with E-state index in [-0.39, 0.29) is 11.3 Å². The summed E-state index contributed by atoms with van der Waals surface area (Å²) >= 11 is 3.17. The van der Waals surface area contributed by atoms with Gasteiger partial charge < -0.3 is 15.6 Å². The average molecular weight is 246 g/mol. The molecule has 5 heteroatoms. The van der Waals surface area contributed by atoms with Gasteiger partial charge in [-0.15, -0.1) is 0 Å². The van der Waals surface area contributed by atoms with Crippen LogP contribution in [-0.4, -0.2) is 18.2 Å². The third-order valence-electron chi connectivity index (χ3n) is 1.58. The maximum Gasteiger partial charge on any atom is 0.339 e. The van der Waals surface area contributed by atoms with E-state index >= 15 is 0 Å². The van der Waals surface area contributed by atoms with Crippen molar-refractivity contribution in [2.24, 2.45) is 0 Å². The van der Waals surface area contributed by atoms with Gasteiger partial charge in [0.05, 0.1) is 12.8 Å². The first-order valence-corrected chi connectivity index (χ1v) is 4.22. The normalized spacial score (nSPS) is 9.69.